The van der Waals surface area contributed by atoms with Gasteiger partial charge in [0, 0.05) is 12.6 Å². The van der Waals surface area contributed by atoms with Crippen molar-refractivity contribution in [3.05, 3.63) is 53.6 Å². The van der Waals surface area contributed by atoms with Gasteiger partial charge in [-0.3, -0.25) is 4.79 Å². The summed E-state index contributed by atoms with van der Waals surface area (Å²) in [6.45, 7) is 0.835. The Morgan fingerprint density at radius 3 is 2.70 bits per heavy atom. The topological polar surface area (TPSA) is 66.0 Å². The number of methoxy groups -OCH3 is 2. The standard InChI is InChI=1S/C21H23NO5/c1-24-17-8-5-15(12-19(17)25-2)4-3-11-22-21(23)10-7-16-6-9-18-20(13-16)27-14-26-18/h5-10,12-13H,3-4,11,14H2,1-2H3,(H,22,23)/b10-7+. The van der Waals surface area contributed by atoms with E-state index in [9.17, 15) is 4.79 Å². The molecule has 1 heterocycles. The minimum Gasteiger partial charge on any atom is -0.493 e. The Morgan fingerprint density at radius 1 is 1.07 bits per heavy atom. The molecule has 0 fully saturated rings. The van der Waals surface area contributed by atoms with Crippen molar-refractivity contribution in [3.63, 3.8) is 0 Å². The average molecular weight is 369 g/mol. The maximum Gasteiger partial charge on any atom is 0.243 e. The molecule has 2 aromatic carbocycles. The molecule has 0 radical (unpaired) electrons. The summed E-state index contributed by atoms with van der Waals surface area (Å²) in [4.78, 5) is 12.0. The number of benzene rings is 2. The molecular formula is C21H23NO5. The third kappa shape index (κ3) is 4.94. The van der Waals surface area contributed by atoms with Crippen molar-refractivity contribution >= 4 is 12.0 Å². The summed E-state index contributed by atoms with van der Waals surface area (Å²) in [5, 5.41) is 2.89. The lowest BCUT2D eigenvalue weighted by Crippen LogP contribution is -2.22. The zero-order valence-electron chi connectivity index (χ0n) is 15.5. The molecule has 2 aromatic rings. The zero-order chi connectivity index (χ0) is 19.1. The number of carbonyl (C=O) groups excluding carboxylic acids is 1. The lowest BCUT2D eigenvalue weighted by molar-refractivity contribution is -0.116. The molecule has 27 heavy (non-hydrogen) atoms. The molecule has 142 valence electrons. The van der Waals surface area contributed by atoms with Crippen LogP contribution in [0.4, 0.5) is 0 Å². The normalized spacial score (nSPS) is 12.2. The molecule has 0 bridgehead atoms. The van der Waals surface area contributed by atoms with E-state index in [2.05, 4.69) is 5.32 Å². The Labute approximate surface area is 158 Å². The first-order valence-corrected chi connectivity index (χ1v) is 8.76. The fraction of sp³-hybridized carbons (Fsp3) is 0.286. The molecule has 1 N–H and O–H groups in total. The quantitative estimate of drug-likeness (QED) is 0.572. The number of hydrogen-bond acceptors (Lipinski definition) is 5. The first-order chi connectivity index (χ1) is 13.2. The van der Waals surface area contributed by atoms with E-state index in [-0.39, 0.29) is 12.7 Å². The fourth-order valence-electron chi connectivity index (χ4n) is 2.79. The predicted octanol–water partition coefficient (Wildman–Crippen LogP) is 3.19. The van der Waals surface area contributed by atoms with Gasteiger partial charge in [0.2, 0.25) is 12.7 Å². The summed E-state index contributed by atoms with van der Waals surface area (Å²) in [5.41, 5.74) is 2.03. The number of fused-ring (bicyclic) bond motifs is 1. The van der Waals surface area contributed by atoms with Gasteiger partial charge in [0.05, 0.1) is 14.2 Å². The van der Waals surface area contributed by atoms with Crippen LogP contribution in [-0.2, 0) is 11.2 Å². The number of rotatable bonds is 8. The van der Waals surface area contributed by atoms with Crippen LogP contribution >= 0.6 is 0 Å². The molecule has 1 aliphatic heterocycles. The number of nitrogens with one attached hydrogen (secondary N) is 1. The van der Waals surface area contributed by atoms with Crippen LogP contribution in [0.2, 0.25) is 0 Å². The van der Waals surface area contributed by atoms with Crippen molar-refractivity contribution in [2.45, 2.75) is 12.8 Å². The second kappa shape index (κ2) is 8.98. The smallest absolute Gasteiger partial charge is 0.243 e. The van der Waals surface area contributed by atoms with Gasteiger partial charge in [-0.25, -0.2) is 0 Å². The van der Waals surface area contributed by atoms with E-state index in [1.165, 1.54) is 6.08 Å². The van der Waals surface area contributed by atoms with Gasteiger partial charge >= 0.3 is 0 Å². The second-order valence-electron chi connectivity index (χ2n) is 6.03. The Balaban J connectivity index is 1.43. The van der Waals surface area contributed by atoms with E-state index < -0.39 is 0 Å². The summed E-state index contributed by atoms with van der Waals surface area (Å²) < 4.78 is 21.1. The molecule has 0 unspecified atom stereocenters. The maximum atomic E-state index is 12.0. The molecule has 6 nitrogen and oxygen atoms in total. The average Bonchev–Trinajstić information content (AvgIpc) is 3.17. The van der Waals surface area contributed by atoms with Gasteiger partial charge in [-0.1, -0.05) is 12.1 Å². The van der Waals surface area contributed by atoms with E-state index in [0.717, 1.165) is 29.7 Å². The van der Waals surface area contributed by atoms with Gasteiger partial charge in [0.1, 0.15) is 0 Å². The first kappa shape index (κ1) is 18.6. The van der Waals surface area contributed by atoms with Gasteiger partial charge < -0.3 is 24.3 Å². The summed E-state index contributed by atoms with van der Waals surface area (Å²) in [6.07, 6.45) is 4.95. The number of aryl methyl sites for hydroxylation is 1. The lowest BCUT2D eigenvalue weighted by atomic mass is 10.1. The Morgan fingerprint density at radius 2 is 1.89 bits per heavy atom. The molecule has 0 aliphatic carbocycles. The van der Waals surface area contributed by atoms with Gasteiger partial charge in [-0.05, 0) is 54.3 Å². The Kier molecular flexibility index (Phi) is 6.20. The molecule has 3 rings (SSSR count). The largest absolute Gasteiger partial charge is 0.493 e. The van der Waals surface area contributed by atoms with Crippen molar-refractivity contribution in [2.75, 3.05) is 27.6 Å². The van der Waals surface area contributed by atoms with Crippen LogP contribution in [0.5, 0.6) is 23.0 Å². The van der Waals surface area contributed by atoms with Crippen LogP contribution in [0, 0.1) is 0 Å². The van der Waals surface area contributed by atoms with Crippen LogP contribution in [0.15, 0.2) is 42.5 Å². The van der Waals surface area contributed by atoms with E-state index in [0.29, 0.717) is 23.8 Å². The van der Waals surface area contributed by atoms with Crippen LogP contribution < -0.4 is 24.3 Å². The lowest BCUT2D eigenvalue weighted by Gasteiger charge is -2.09. The molecular weight excluding hydrogens is 346 g/mol. The van der Waals surface area contributed by atoms with Gasteiger partial charge in [0.25, 0.3) is 0 Å². The summed E-state index contributed by atoms with van der Waals surface area (Å²) in [5.74, 6) is 2.73. The van der Waals surface area contributed by atoms with Crippen molar-refractivity contribution in [1.82, 2.24) is 5.32 Å². The monoisotopic (exact) mass is 369 g/mol. The number of ether oxygens (including phenoxy) is 4. The number of amides is 1. The summed E-state index contributed by atoms with van der Waals surface area (Å²) in [7, 11) is 3.23. The second-order valence-corrected chi connectivity index (χ2v) is 6.03. The molecule has 1 aliphatic rings. The van der Waals surface area contributed by atoms with Gasteiger partial charge in [0.15, 0.2) is 23.0 Å². The van der Waals surface area contributed by atoms with Crippen molar-refractivity contribution in [3.8, 4) is 23.0 Å². The first-order valence-electron chi connectivity index (χ1n) is 8.76. The highest BCUT2D eigenvalue weighted by Gasteiger charge is 2.12. The SMILES string of the molecule is COc1ccc(CCCNC(=O)/C=C/c2ccc3c(c2)OCO3)cc1OC. The number of hydrogen-bond donors (Lipinski definition) is 1. The van der Waals surface area contributed by atoms with Crippen LogP contribution in [0.25, 0.3) is 6.08 Å². The highest BCUT2D eigenvalue weighted by molar-refractivity contribution is 5.91. The van der Waals surface area contributed by atoms with E-state index in [1.54, 1.807) is 20.3 Å². The van der Waals surface area contributed by atoms with Gasteiger partial charge in [-0.15, -0.1) is 0 Å². The van der Waals surface area contributed by atoms with Crippen LogP contribution in [0.3, 0.4) is 0 Å². The van der Waals surface area contributed by atoms with Crippen molar-refractivity contribution in [2.24, 2.45) is 0 Å². The molecule has 0 saturated carbocycles. The Bertz CT molecular complexity index is 831. The molecule has 0 saturated heterocycles. The summed E-state index contributed by atoms with van der Waals surface area (Å²) >= 11 is 0. The third-order valence-corrected chi connectivity index (χ3v) is 4.21. The van der Waals surface area contributed by atoms with E-state index >= 15 is 0 Å². The summed E-state index contributed by atoms with van der Waals surface area (Å²) in [6, 6.07) is 11.4. The highest BCUT2D eigenvalue weighted by atomic mass is 16.7. The third-order valence-electron chi connectivity index (χ3n) is 4.21. The molecule has 1 amide bonds. The van der Waals surface area contributed by atoms with Crippen LogP contribution in [-0.4, -0.2) is 33.5 Å². The fourth-order valence-corrected chi connectivity index (χ4v) is 2.79. The van der Waals surface area contributed by atoms with Crippen LogP contribution in [0.1, 0.15) is 17.5 Å². The van der Waals surface area contributed by atoms with Crippen molar-refractivity contribution < 1.29 is 23.7 Å². The van der Waals surface area contributed by atoms with Crippen molar-refractivity contribution in [1.29, 1.82) is 0 Å². The maximum absolute atomic E-state index is 12.0. The number of carbonyl (C=O) groups is 1. The molecule has 0 aromatic heterocycles. The Hall–Kier alpha value is -3.15. The highest BCUT2D eigenvalue weighted by Crippen LogP contribution is 2.32. The molecule has 0 spiro atoms. The molecule has 6 heteroatoms. The van der Waals surface area contributed by atoms with E-state index in [4.69, 9.17) is 18.9 Å². The minimum absolute atomic E-state index is 0.125. The van der Waals surface area contributed by atoms with E-state index in [1.807, 2.05) is 36.4 Å². The van der Waals surface area contributed by atoms with Gasteiger partial charge in [-0.2, -0.15) is 0 Å². The molecule has 0 atom stereocenters. The predicted molar refractivity (Wildman–Crippen MR) is 102 cm³/mol. The minimum atomic E-state index is -0.125. The zero-order valence-corrected chi connectivity index (χ0v) is 15.5.